The van der Waals surface area contributed by atoms with Crippen molar-refractivity contribution in [3.63, 3.8) is 0 Å². The summed E-state index contributed by atoms with van der Waals surface area (Å²) in [6.07, 6.45) is 7.54. The molecular weight excluding hydrogens is 332 g/mol. The summed E-state index contributed by atoms with van der Waals surface area (Å²) in [5.74, 6) is 1.03. The molecule has 122 valence electrons. The van der Waals surface area contributed by atoms with Crippen molar-refractivity contribution in [2.75, 3.05) is 5.75 Å². The van der Waals surface area contributed by atoms with Crippen LogP contribution in [-0.4, -0.2) is 22.7 Å². The van der Waals surface area contributed by atoms with Crippen molar-refractivity contribution in [3.05, 3.63) is 35.5 Å². The molecule has 1 heterocycles. The molecule has 1 aliphatic rings. The minimum atomic E-state index is 0.0457. The Balaban J connectivity index is 1.52. The number of oxazole rings is 1. The second kappa shape index (κ2) is 7.88. The third-order valence-corrected chi connectivity index (χ3v) is 4.97. The van der Waals surface area contributed by atoms with E-state index in [2.05, 4.69) is 10.3 Å². The van der Waals surface area contributed by atoms with Crippen molar-refractivity contribution in [2.45, 2.75) is 43.4 Å². The van der Waals surface area contributed by atoms with Crippen LogP contribution in [0, 0.1) is 0 Å². The third kappa shape index (κ3) is 4.75. The molecule has 1 N–H and O–H groups in total. The number of hydrogen-bond acceptors (Lipinski definition) is 4. The smallest absolute Gasteiger partial charge is 0.256 e. The summed E-state index contributed by atoms with van der Waals surface area (Å²) in [5.41, 5.74) is 0.878. The number of thioether (sulfide) groups is 1. The first-order valence-corrected chi connectivity index (χ1v) is 9.21. The Bertz CT molecular complexity index is 668. The van der Waals surface area contributed by atoms with E-state index in [9.17, 15) is 4.79 Å². The monoisotopic (exact) mass is 350 g/mol. The van der Waals surface area contributed by atoms with Crippen LogP contribution in [0.15, 0.2) is 40.1 Å². The highest BCUT2D eigenvalue weighted by molar-refractivity contribution is 7.99. The second-order valence-corrected chi connectivity index (χ2v) is 7.05. The largest absolute Gasteiger partial charge is 0.431 e. The number of carbonyl (C=O) groups excluding carboxylic acids is 1. The van der Waals surface area contributed by atoms with Crippen LogP contribution in [0.1, 0.15) is 32.1 Å². The highest BCUT2D eigenvalue weighted by atomic mass is 35.5. The van der Waals surface area contributed by atoms with Gasteiger partial charge in [0.15, 0.2) is 5.76 Å². The van der Waals surface area contributed by atoms with Gasteiger partial charge in [-0.15, -0.1) is 0 Å². The van der Waals surface area contributed by atoms with E-state index < -0.39 is 0 Å². The fourth-order valence-corrected chi connectivity index (χ4v) is 3.55. The van der Waals surface area contributed by atoms with Gasteiger partial charge in [0.05, 0.1) is 11.9 Å². The molecule has 0 saturated heterocycles. The summed E-state index contributed by atoms with van der Waals surface area (Å²) < 4.78 is 5.68. The zero-order chi connectivity index (χ0) is 16.1. The molecule has 1 saturated carbocycles. The summed E-state index contributed by atoms with van der Waals surface area (Å²) in [5, 5.41) is 4.24. The molecule has 4 nitrogen and oxygen atoms in total. The molecular formula is C17H19ClN2O2S. The number of benzene rings is 1. The number of nitrogens with zero attached hydrogens (tertiary/aromatic N) is 1. The molecule has 0 aliphatic heterocycles. The SMILES string of the molecule is O=C(CSc1ncc(-c2cccc(Cl)c2)o1)NC1CCCCC1. The van der Waals surface area contributed by atoms with Crippen LogP contribution in [0.4, 0.5) is 0 Å². The first kappa shape index (κ1) is 16.4. The predicted octanol–water partition coefficient (Wildman–Crippen LogP) is 4.54. The van der Waals surface area contributed by atoms with Crippen molar-refractivity contribution in [1.82, 2.24) is 10.3 Å². The highest BCUT2D eigenvalue weighted by Gasteiger charge is 2.16. The molecule has 0 spiro atoms. The van der Waals surface area contributed by atoms with Gasteiger partial charge in [0.25, 0.3) is 5.22 Å². The van der Waals surface area contributed by atoms with Gasteiger partial charge in [-0.05, 0) is 25.0 Å². The maximum Gasteiger partial charge on any atom is 0.256 e. The molecule has 0 radical (unpaired) electrons. The molecule has 23 heavy (non-hydrogen) atoms. The fraction of sp³-hybridized carbons (Fsp3) is 0.412. The van der Waals surface area contributed by atoms with E-state index in [1.807, 2.05) is 24.3 Å². The molecule has 1 aliphatic carbocycles. The van der Waals surface area contributed by atoms with Crippen LogP contribution in [-0.2, 0) is 4.79 Å². The van der Waals surface area contributed by atoms with E-state index in [4.69, 9.17) is 16.0 Å². The summed E-state index contributed by atoms with van der Waals surface area (Å²) in [7, 11) is 0. The molecule has 1 aromatic carbocycles. The Morgan fingerprint density at radius 3 is 2.96 bits per heavy atom. The van der Waals surface area contributed by atoms with Gasteiger partial charge in [0.1, 0.15) is 0 Å². The maximum atomic E-state index is 12.0. The quantitative estimate of drug-likeness (QED) is 0.804. The van der Waals surface area contributed by atoms with Crippen molar-refractivity contribution in [2.24, 2.45) is 0 Å². The van der Waals surface area contributed by atoms with Crippen LogP contribution in [0.2, 0.25) is 5.02 Å². The first-order valence-electron chi connectivity index (χ1n) is 7.84. The van der Waals surface area contributed by atoms with Crippen molar-refractivity contribution >= 4 is 29.3 Å². The van der Waals surface area contributed by atoms with Crippen LogP contribution < -0.4 is 5.32 Å². The van der Waals surface area contributed by atoms with Gasteiger partial charge in [0, 0.05) is 16.6 Å². The van der Waals surface area contributed by atoms with Crippen molar-refractivity contribution < 1.29 is 9.21 Å². The Labute approximate surface area is 145 Å². The lowest BCUT2D eigenvalue weighted by molar-refractivity contribution is -0.119. The molecule has 1 aromatic heterocycles. The van der Waals surface area contributed by atoms with E-state index in [0.29, 0.717) is 27.8 Å². The lowest BCUT2D eigenvalue weighted by atomic mass is 9.95. The number of hydrogen-bond donors (Lipinski definition) is 1. The summed E-state index contributed by atoms with van der Waals surface area (Å²) in [6.45, 7) is 0. The molecule has 3 rings (SSSR count). The van der Waals surface area contributed by atoms with Gasteiger partial charge in [-0.2, -0.15) is 0 Å². The normalized spacial score (nSPS) is 15.5. The van der Waals surface area contributed by atoms with Crippen LogP contribution in [0.25, 0.3) is 11.3 Å². The number of amides is 1. The zero-order valence-electron chi connectivity index (χ0n) is 12.8. The average molecular weight is 351 g/mol. The number of carbonyl (C=O) groups is 1. The second-order valence-electron chi connectivity index (χ2n) is 5.69. The van der Waals surface area contributed by atoms with Crippen molar-refractivity contribution in [3.8, 4) is 11.3 Å². The van der Waals surface area contributed by atoms with Gasteiger partial charge in [-0.1, -0.05) is 54.8 Å². The summed E-state index contributed by atoms with van der Waals surface area (Å²) >= 11 is 7.29. The van der Waals surface area contributed by atoms with E-state index in [1.54, 1.807) is 6.20 Å². The molecule has 2 aromatic rings. The zero-order valence-corrected chi connectivity index (χ0v) is 14.3. The minimum Gasteiger partial charge on any atom is -0.431 e. The molecule has 1 amide bonds. The molecule has 0 bridgehead atoms. The maximum absolute atomic E-state index is 12.0. The average Bonchev–Trinajstić information content (AvgIpc) is 3.03. The Morgan fingerprint density at radius 1 is 1.35 bits per heavy atom. The lowest BCUT2D eigenvalue weighted by Gasteiger charge is -2.22. The number of halogens is 1. The number of aromatic nitrogens is 1. The number of rotatable bonds is 5. The molecule has 0 unspecified atom stereocenters. The van der Waals surface area contributed by atoms with Gasteiger partial charge in [0.2, 0.25) is 5.91 Å². The highest BCUT2D eigenvalue weighted by Crippen LogP contribution is 2.27. The topological polar surface area (TPSA) is 55.1 Å². The van der Waals surface area contributed by atoms with E-state index in [0.717, 1.165) is 18.4 Å². The van der Waals surface area contributed by atoms with Crippen LogP contribution in [0.3, 0.4) is 0 Å². The van der Waals surface area contributed by atoms with Crippen LogP contribution in [0.5, 0.6) is 0 Å². The summed E-state index contributed by atoms with van der Waals surface area (Å²) in [6, 6.07) is 7.75. The first-order chi connectivity index (χ1) is 11.2. The predicted molar refractivity (Wildman–Crippen MR) is 92.7 cm³/mol. The third-order valence-electron chi connectivity index (χ3n) is 3.89. The fourth-order valence-electron chi connectivity index (χ4n) is 2.74. The Hall–Kier alpha value is -1.46. The standard InChI is InChI=1S/C17H19ClN2O2S/c18-13-6-4-5-12(9-13)15-10-19-17(22-15)23-11-16(21)20-14-7-2-1-3-8-14/h4-6,9-10,14H,1-3,7-8,11H2,(H,20,21). The molecule has 6 heteroatoms. The number of nitrogens with one attached hydrogen (secondary N) is 1. The Morgan fingerprint density at radius 2 is 2.17 bits per heavy atom. The minimum absolute atomic E-state index is 0.0457. The van der Waals surface area contributed by atoms with Crippen LogP contribution >= 0.6 is 23.4 Å². The van der Waals surface area contributed by atoms with Gasteiger partial charge >= 0.3 is 0 Å². The van der Waals surface area contributed by atoms with Gasteiger partial charge in [-0.25, -0.2) is 4.98 Å². The Kier molecular flexibility index (Phi) is 5.62. The lowest BCUT2D eigenvalue weighted by Crippen LogP contribution is -2.37. The van der Waals surface area contributed by atoms with Crippen molar-refractivity contribution in [1.29, 1.82) is 0 Å². The van der Waals surface area contributed by atoms with E-state index >= 15 is 0 Å². The van der Waals surface area contributed by atoms with Gasteiger partial charge < -0.3 is 9.73 Å². The van der Waals surface area contributed by atoms with Gasteiger partial charge in [-0.3, -0.25) is 4.79 Å². The van der Waals surface area contributed by atoms with E-state index in [-0.39, 0.29) is 5.91 Å². The summed E-state index contributed by atoms with van der Waals surface area (Å²) in [4.78, 5) is 16.2. The van der Waals surface area contributed by atoms with E-state index in [1.165, 1.54) is 31.0 Å². The molecule has 1 fully saturated rings. The molecule has 0 atom stereocenters.